The smallest absolute Gasteiger partial charge is 0.158 e. The van der Waals surface area contributed by atoms with Gasteiger partial charge in [-0.15, -0.1) is 0 Å². The molecule has 0 atom stereocenters. The number of allylic oxidation sites excluding steroid dienone is 1. The third-order valence-corrected chi connectivity index (χ3v) is 11.3. The molecule has 1 aliphatic carbocycles. The predicted octanol–water partition coefficient (Wildman–Crippen LogP) is 4.49. The molecule has 1 aliphatic rings. The van der Waals surface area contributed by atoms with Gasteiger partial charge >= 0.3 is 0 Å². The van der Waals surface area contributed by atoms with Crippen molar-refractivity contribution in [2.75, 3.05) is 0 Å². The highest BCUT2D eigenvalue weighted by molar-refractivity contribution is 6.88. The number of Topliss-reactive ketones (excluding diaryl/α,β-unsaturated/α-hetero) is 1. The molecule has 0 spiro atoms. The second kappa shape index (κ2) is 4.87. The minimum absolute atomic E-state index is 0.402. The SMILES string of the molecule is CC(C)[Si](/C=C1/CCC1=O)(C(C)C)C(C)C. The first kappa shape index (κ1) is 13.7. The van der Waals surface area contributed by atoms with Crippen LogP contribution in [0, 0.1) is 0 Å². The van der Waals surface area contributed by atoms with Crippen LogP contribution in [0.25, 0.3) is 0 Å². The molecular formula is C14H26OSi. The second-order valence-electron chi connectivity index (χ2n) is 6.06. The minimum atomic E-state index is -1.49. The summed E-state index contributed by atoms with van der Waals surface area (Å²) in [4.78, 5) is 11.5. The van der Waals surface area contributed by atoms with Crippen LogP contribution in [0.2, 0.25) is 16.6 Å². The van der Waals surface area contributed by atoms with Gasteiger partial charge in [-0.1, -0.05) is 47.2 Å². The van der Waals surface area contributed by atoms with E-state index in [-0.39, 0.29) is 0 Å². The van der Waals surface area contributed by atoms with E-state index in [1.54, 1.807) is 0 Å². The van der Waals surface area contributed by atoms with Gasteiger partial charge in [0, 0.05) is 6.42 Å². The third-order valence-electron chi connectivity index (χ3n) is 4.40. The van der Waals surface area contributed by atoms with E-state index in [9.17, 15) is 4.79 Å². The molecule has 92 valence electrons. The first-order valence-electron chi connectivity index (χ1n) is 6.57. The van der Waals surface area contributed by atoms with Crippen molar-refractivity contribution in [2.24, 2.45) is 0 Å². The molecule has 0 saturated heterocycles. The van der Waals surface area contributed by atoms with Gasteiger partial charge in [-0.05, 0) is 28.6 Å². The molecule has 2 heteroatoms. The summed E-state index contributed by atoms with van der Waals surface area (Å²) in [5.74, 6) is 0.402. The minimum Gasteiger partial charge on any atom is -0.295 e. The van der Waals surface area contributed by atoms with E-state index < -0.39 is 8.07 Å². The van der Waals surface area contributed by atoms with Crippen molar-refractivity contribution >= 4 is 13.9 Å². The Morgan fingerprint density at radius 1 is 0.938 bits per heavy atom. The van der Waals surface area contributed by atoms with E-state index in [0.717, 1.165) is 18.4 Å². The molecule has 1 nitrogen and oxygen atoms in total. The molecule has 0 aromatic rings. The summed E-state index contributed by atoms with van der Waals surface area (Å²) >= 11 is 0. The van der Waals surface area contributed by atoms with Crippen LogP contribution in [0.1, 0.15) is 54.4 Å². The van der Waals surface area contributed by atoms with E-state index in [1.165, 1.54) is 0 Å². The van der Waals surface area contributed by atoms with Gasteiger partial charge in [0.15, 0.2) is 5.78 Å². The summed E-state index contributed by atoms with van der Waals surface area (Å²) in [6.45, 7) is 14.0. The highest BCUT2D eigenvalue weighted by atomic mass is 28.3. The number of ketones is 1. The number of rotatable bonds is 4. The van der Waals surface area contributed by atoms with Crippen LogP contribution < -0.4 is 0 Å². The van der Waals surface area contributed by atoms with E-state index in [0.29, 0.717) is 22.4 Å². The highest BCUT2D eigenvalue weighted by Crippen LogP contribution is 2.44. The van der Waals surface area contributed by atoms with Crippen LogP contribution in [0.4, 0.5) is 0 Å². The summed E-state index contributed by atoms with van der Waals surface area (Å²) in [5.41, 5.74) is 5.73. The lowest BCUT2D eigenvalue weighted by molar-refractivity contribution is -0.118. The summed E-state index contributed by atoms with van der Waals surface area (Å²) in [5, 5.41) is 0. The zero-order valence-electron chi connectivity index (χ0n) is 11.6. The van der Waals surface area contributed by atoms with Gasteiger partial charge in [0.25, 0.3) is 0 Å². The molecule has 0 N–H and O–H groups in total. The van der Waals surface area contributed by atoms with Crippen molar-refractivity contribution in [1.29, 1.82) is 0 Å². The fourth-order valence-electron chi connectivity index (χ4n) is 3.33. The first-order valence-corrected chi connectivity index (χ1v) is 8.88. The van der Waals surface area contributed by atoms with Crippen LogP contribution in [0.3, 0.4) is 0 Å². The monoisotopic (exact) mass is 238 g/mol. The normalized spacial score (nSPS) is 20.1. The van der Waals surface area contributed by atoms with Crippen LogP contribution in [-0.2, 0) is 4.79 Å². The average molecular weight is 238 g/mol. The quantitative estimate of drug-likeness (QED) is 0.521. The molecular weight excluding hydrogens is 212 g/mol. The maximum Gasteiger partial charge on any atom is 0.158 e. The van der Waals surface area contributed by atoms with E-state index >= 15 is 0 Å². The highest BCUT2D eigenvalue weighted by Gasteiger charge is 2.42. The zero-order chi connectivity index (χ0) is 12.5. The molecule has 0 bridgehead atoms. The molecule has 0 unspecified atom stereocenters. The van der Waals surface area contributed by atoms with Gasteiger partial charge in [0.05, 0.1) is 8.07 Å². The summed E-state index contributed by atoms with van der Waals surface area (Å²) < 4.78 is 0. The molecule has 0 heterocycles. The average Bonchev–Trinajstić information content (AvgIpc) is 2.14. The van der Waals surface area contributed by atoms with Crippen LogP contribution in [0.15, 0.2) is 11.3 Å². The van der Waals surface area contributed by atoms with Gasteiger partial charge in [0.1, 0.15) is 0 Å². The Bertz CT molecular complexity index is 278. The van der Waals surface area contributed by atoms with Crippen molar-refractivity contribution in [3.63, 3.8) is 0 Å². The standard InChI is InChI=1S/C14H26OSi/c1-10(2)16(11(3)4,12(5)6)9-13-7-8-14(13)15/h9-12H,7-8H2,1-6H3/b13-9-. The number of hydrogen-bond donors (Lipinski definition) is 0. The predicted molar refractivity (Wildman–Crippen MR) is 73.4 cm³/mol. The number of hydrogen-bond acceptors (Lipinski definition) is 1. The Morgan fingerprint density at radius 3 is 1.56 bits per heavy atom. The van der Waals surface area contributed by atoms with Crippen LogP contribution in [0.5, 0.6) is 0 Å². The van der Waals surface area contributed by atoms with Gasteiger partial charge < -0.3 is 0 Å². The van der Waals surface area contributed by atoms with Gasteiger partial charge in [0.2, 0.25) is 0 Å². The van der Waals surface area contributed by atoms with E-state index in [2.05, 4.69) is 47.2 Å². The fraction of sp³-hybridized carbons (Fsp3) is 0.786. The summed E-state index contributed by atoms with van der Waals surface area (Å²) in [7, 11) is -1.49. The van der Waals surface area contributed by atoms with Crippen molar-refractivity contribution in [3.8, 4) is 0 Å². The zero-order valence-corrected chi connectivity index (χ0v) is 12.6. The van der Waals surface area contributed by atoms with Gasteiger partial charge in [-0.2, -0.15) is 0 Å². The summed E-state index contributed by atoms with van der Waals surface area (Å²) in [6.07, 6.45) is 1.81. The first-order chi connectivity index (χ1) is 7.32. The molecule has 1 saturated carbocycles. The van der Waals surface area contributed by atoms with Crippen molar-refractivity contribution < 1.29 is 4.79 Å². The maximum absolute atomic E-state index is 11.5. The largest absolute Gasteiger partial charge is 0.295 e. The Hall–Kier alpha value is -0.373. The topological polar surface area (TPSA) is 17.1 Å². The molecule has 0 aromatic carbocycles. The lowest BCUT2D eigenvalue weighted by atomic mass is 9.93. The Kier molecular flexibility index (Phi) is 4.16. The Balaban J connectivity index is 3.12. The van der Waals surface area contributed by atoms with E-state index in [4.69, 9.17) is 0 Å². The Morgan fingerprint density at radius 2 is 1.38 bits per heavy atom. The maximum atomic E-state index is 11.5. The molecule has 1 fully saturated rings. The lowest BCUT2D eigenvalue weighted by Crippen LogP contribution is -2.44. The molecule has 0 aromatic heterocycles. The second-order valence-corrected chi connectivity index (χ2v) is 11.8. The van der Waals surface area contributed by atoms with Gasteiger partial charge in [-0.25, -0.2) is 0 Å². The molecule has 0 amide bonds. The molecule has 0 radical (unpaired) electrons. The van der Waals surface area contributed by atoms with Crippen molar-refractivity contribution in [3.05, 3.63) is 11.3 Å². The molecule has 16 heavy (non-hydrogen) atoms. The third kappa shape index (κ3) is 2.17. The lowest BCUT2D eigenvalue weighted by Gasteiger charge is -2.42. The molecule has 0 aliphatic heterocycles. The van der Waals surface area contributed by atoms with Crippen LogP contribution >= 0.6 is 0 Å². The fourth-order valence-corrected chi connectivity index (χ4v) is 9.23. The number of carbonyl (C=O) groups excluding carboxylic acids is 1. The van der Waals surface area contributed by atoms with E-state index in [1.807, 2.05) is 0 Å². The molecule has 1 rings (SSSR count). The Labute approximate surface area is 101 Å². The number of carbonyl (C=O) groups is 1. The van der Waals surface area contributed by atoms with Crippen molar-refractivity contribution in [2.45, 2.75) is 71.0 Å². The summed E-state index contributed by atoms with van der Waals surface area (Å²) in [6, 6.07) is 0. The van der Waals surface area contributed by atoms with Crippen LogP contribution in [-0.4, -0.2) is 13.9 Å². The van der Waals surface area contributed by atoms with Gasteiger partial charge in [-0.3, -0.25) is 4.79 Å². The van der Waals surface area contributed by atoms with Crippen molar-refractivity contribution in [1.82, 2.24) is 0 Å².